The van der Waals surface area contributed by atoms with E-state index < -0.39 is 0 Å². The molecule has 0 unspecified atom stereocenters. The van der Waals surface area contributed by atoms with Gasteiger partial charge in [0.1, 0.15) is 0 Å². The molecule has 13 heavy (non-hydrogen) atoms. The van der Waals surface area contributed by atoms with Crippen molar-refractivity contribution in [3.05, 3.63) is 11.6 Å². The zero-order valence-corrected chi connectivity index (χ0v) is 9.07. The molecule has 0 aliphatic heterocycles. The summed E-state index contributed by atoms with van der Waals surface area (Å²) in [6.45, 7) is 0.959. The van der Waals surface area contributed by atoms with Gasteiger partial charge in [0, 0.05) is 13.6 Å². The molecule has 0 bridgehead atoms. The van der Waals surface area contributed by atoms with E-state index in [0.29, 0.717) is 5.11 Å². The second-order valence-corrected chi connectivity index (χ2v) is 4.04. The van der Waals surface area contributed by atoms with Crippen molar-refractivity contribution in [1.29, 1.82) is 0 Å². The molecule has 1 aliphatic carbocycles. The topological polar surface area (TPSA) is 29.3 Å². The maximum atomic E-state index is 5.49. The molecule has 0 aromatic rings. The first-order chi connectivity index (χ1) is 6.20. The van der Waals surface area contributed by atoms with E-state index >= 15 is 0 Å². The fraction of sp³-hybridized carbons (Fsp3) is 0.700. The molecule has 0 amide bonds. The van der Waals surface area contributed by atoms with Gasteiger partial charge < -0.3 is 10.6 Å². The highest BCUT2D eigenvalue weighted by Gasteiger charge is 2.05. The summed E-state index contributed by atoms with van der Waals surface area (Å²) in [5, 5.41) is 0.497. The summed E-state index contributed by atoms with van der Waals surface area (Å²) in [4.78, 5) is 1.94. The SMILES string of the molecule is CN(CCC1=CCCCC1)C(N)=S. The van der Waals surface area contributed by atoms with E-state index in [1.54, 1.807) is 5.57 Å². The normalized spacial score (nSPS) is 16.5. The van der Waals surface area contributed by atoms with Crippen LogP contribution in [0.3, 0.4) is 0 Å². The number of hydrogen-bond acceptors (Lipinski definition) is 1. The summed E-state index contributed by atoms with van der Waals surface area (Å²) in [6, 6.07) is 0. The van der Waals surface area contributed by atoms with Crippen molar-refractivity contribution in [1.82, 2.24) is 4.90 Å². The summed E-state index contributed by atoms with van der Waals surface area (Å²) in [5.41, 5.74) is 7.07. The minimum atomic E-state index is 0.497. The van der Waals surface area contributed by atoms with Crippen LogP contribution in [0.4, 0.5) is 0 Å². The van der Waals surface area contributed by atoms with Crippen molar-refractivity contribution in [2.75, 3.05) is 13.6 Å². The Morgan fingerprint density at radius 1 is 1.62 bits per heavy atom. The van der Waals surface area contributed by atoms with Crippen molar-refractivity contribution in [3.63, 3.8) is 0 Å². The van der Waals surface area contributed by atoms with Gasteiger partial charge in [0.25, 0.3) is 0 Å². The fourth-order valence-electron chi connectivity index (χ4n) is 1.55. The fourth-order valence-corrected chi connectivity index (χ4v) is 1.64. The lowest BCUT2D eigenvalue weighted by Crippen LogP contribution is -2.32. The molecule has 0 heterocycles. The third-order valence-corrected chi connectivity index (χ3v) is 2.84. The lowest BCUT2D eigenvalue weighted by Gasteiger charge is -2.19. The molecule has 0 spiro atoms. The Morgan fingerprint density at radius 2 is 2.38 bits per heavy atom. The Labute approximate surface area is 85.8 Å². The van der Waals surface area contributed by atoms with Crippen LogP contribution in [0.1, 0.15) is 32.1 Å². The van der Waals surface area contributed by atoms with Crippen molar-refractivity contribution in [2.24, 2.45) is 5.73 Å². The first kappa shape index (κ1) is 10.5. The molecule has 2 N–H and O–H groups in total. The average molecular weight is 198 g/mol. The maximum absolute atomic E-state index is 5.49. The molecule has 0 aromatic heterocycles. The Bertz CT molecular complexity index is 211. The van der Waals surface area contributed by atoms with Gasteiger partial charge in [0.15, 0.2) is 5.11 Å². The second-order valence-electron chi connectivity index (χ2n) is 3.62. The Balaban J connectivity index is 2.25. The van der Waals surface area contributed by atoms with Crippen molar-refractivity contribution >= 4 is 17.3 Å². The third kappa shape index (κ3) is 3.77. The van der Waals surface area contributed by atoms with Crippen LogP contribution in [-0.4, -0.2) is 23.6 Å². The molecule has 0 radical (unpaired) electrons. The number of nitrogens with zero attached hydrogens (tertiary/aromatic N) is 1. The van der Waals surface area contributed by atoms with Crippen LogP contribution in [0, 0.1) is 0 Å². The standard InChI is InChI=1S/C10H18N2S/c1-12(10(11)13)8-7-9-5-3-2-4-6-9/h5H,2-4,6-8H2,1H3,(H2,11,13). The summed E-state index contributed by atoms with van der Waals surface area (Å²) < 4.78 is 0. The predicted molar refractivity (Wildman–Crippen MR) is 60.6 cm³/mol. The van der Waals surface area contributed by atoms with Gasteiger partial charge >= 0.3 is 0 Å². The highest BCUT2D eigenvalue weighted by molar-refractivity contribution is 7.80. The van der Waals surface area contributed by atoms with E-state index in [2.05, 4.69) is 6.08 Å². The number of nitrogens with two attached hydrogens (primary N) is 1. The van der Waals surface area contributed by atoms with Crippen LogP contribution in [-0.2, 0) is 0 Å². The van der Waals surface area contributed by atoms with Crippen molar-refractivity contribution in [2.45, 2.75) is 32.1 Å². The molecular weight excluding hydrogens is 180 g/mol. The van der Waals surface area contributed by atoms with Gasteiger partial charge in [0.2, 0.25) is 0 Å². The number of allylic oxidation sites excluding steroid dienone is 1. The van der Waals surface area contributed by atoms with E-state index in [-0.39, 0.29) is 0 Å². The molecule has 0 fully saturated rings. The lowest BCUT2D eigenvalue weighted by molar-refractivity contribution is 0.501. The zero-order valence-electron chi connectivity index (χ0n) is 8.25. The minimum Gasteiger partial charge on any atom is -0.376 e. The largest absolute Gasteiger partial charge is 0.376 e. The van der Waals surface area contributed by atoms with E-state index in [9.17, 15) is 0 Å². The van der Waals surface area contributed by atoms with Crippen LogP contribution in [0.2, 0.25) is 0 Å². The average Bonchev–Trinajstić information content (AvgIpc) is 2.15. The van der Waals surface area contributed by atoms with E-state index in [1.807, 2.05) is 11.9 Å². The molecule has 0 saturated carbocycles. The molecule has 0 atom stereocenters. The monoisotopic (exact) mass is 198 g/mol. The maximum Gasteiger partial charge on any atom is 0.166 e. The molecule has 0 aromatic carbocycles. The Hall–Kier alpha value is -0.570. The number of hydrogen-bond donors (Lipinski definition) is 1. The van der Waals surface area contributed by atoms with Crippen molar-refractivity contribution in [3.8, 4) is 0 Å². The van der Waals surface area contributed by atoms with Gasteiger partial charge in [-0.25, -0.2) is 0 Å². The summed E-state index contributed by atoms with van der Waals surface area (Å²) in [5.74, 6) is 0. The number of thiocarbonyl (C=S) groups is 1. The smallest absolute Gasteiger partial charge is 0.166 e. The second kappa shape index (κ2) is 5.22. The quantitative estimate of drug-likeness (QED) is 0.556. The van der Waals surface area contributed by atoms with Crippen LogP contribution in [0.15, 0.2) is 11.6 Å². The lowest BCUT2D eigenvalue weighted by atomic mass is 9.97. The van der Waals surface area contributed by atoms with Gasteiger partial charge in [-0.05, 0) is 44.3 Å². The minimum absolute atomic E-state index is 0.497. The van der Waals surface area contributed by atoms with Crippen molar-refractivity contribution < 1.29 is 0 Å². The summed E-state index contributed by atoms with van der Waals surface area (Å²) >= 11 is 4.87. The molecular formula is C10H18N2S. The van der Waals surface area contributed by atoms with Gasteiger partial charge in [-0.2, -0.15) is 0 Å². The van der Waals surface area contributed by atoms with Gasteiger partial charge in [-0.15, -0.1) is 0 Å². The molecule has 74 valence electrons. The van der Waals surface area contributed by atoms with E-state index in [4.69, 9.17) is 18.0 Å². The highest BCUT2D eigenvalue weighted by Crippen LogP contribution is 2.19. The van der Waals surface area contributed by atoms with E-state index in [1.165, 1.54) is 25.7 Å². The Morgan fingerprint density at radius 3 is 2.92 bits per heavy atom. The van der Waals surface area contributed by atoms with E-state index in [0.717, 1.165) is 13.0 Å². The Kier molecular flexibility index (Phi) is 4.22. The van der Waals surface area contributed by atoms with Gasteiger partial charge in [-0.1, -0.05) is 11.6 Å². The van der Waals surface area contributed by atoms with Gasteiger partial charge in [0.05, 0.1) is 0 Å². The first-order valence-corrected chi connectivity index (χ1v) is 5.29. The van der Waals surface area contributed by atoms with Crippen LogP contribution >= 0.6 is 12.2 Å². The third-order valence-electron chi connectivity index (χ3n) is 2.53. The van der Waals surface area contributed by atoms with Crippen LogP contribution in [0.5, 0.6) is 0 Å². The zero-order chi connectivity index (χ0) is 9.68. The number of rotatable bonds is 3. The molecule has 0 saturated heterocycles. The summed E-state index contributed by atoms with van der Waals surface area (Å²) in [6.07, 6.45) is 8.72. The summed E-state index contributed by atoms with van der Waals surface area (Å²) in [7, 11) is 1.95. The molecule has 1 aliphatic rings. The molecule has 3 heteroatoms. The highest BCUT2D eigenvalue weighted by atomic mass is 32.1. The molecule has 2 nitrogen and oxygen atoms in total. The predicted octanol–water partition coefficient (Wildman–Crippen LogP) is 2.05. The van der Waals surface area contributed by atoms with Gasteiger partial charge in [-0.3, -0.25) is 0 Å². The van der Waals surface area contributed by atoms with Crippen LogP contribution < -0.4 is 5.73 Å². The van der Waals surface area contributed by atoms with Crippen LogP contribution in [0.25, 0.3) is 0 Å². The molecule has 1 rings (SSSR count). The first-order valence-electron chi connectivity index (χ1n) is 4.88.